The average Bonchev–Trinajstić information content (AvgIpc) is 2.57. The summed E-state index contributed by atoms with van der Waals surface area (Å²) in [7, 11) is 0. The van der Waals surface area contributed by atoms with E-state index in [0.717, 1.165) is 5.56 Å². The van der Waals surface area contributed by atoms with E-state index in [2.05, 4.69) is 10.6 Å². The molecule has 5 nitrogen and oxygen atoms in total. The molecule has 0 saturated carbocycles. The lowest BCUT2D eigenvalue weighted by Gasteiger charge is -2.07. The molecule has 0 fully saturated rings. The van der Waals surface area contributed by atoms with Gasteiger partial charge < -0.3 is 10.6 Å². The van der Waals surface area contributed by atoms with Crippen LogP contribution in [0.5, 0.6) is 0 Å². The van der Waals surface area contributed by atoms with Gasteiger partial charge in [0.15, 0.2) is 0 Å². The highest BCUT2D eigenvalue weighted by Crippen LogP contribution is 2.13. The number of rotatable bonds is 4. The molecule has 2 amide bonds. The molecule has 0 radical (unpaired) electrons. The van der Waals surface area contributed by atoms with Crippen molar-refractivity contribution in [2.45, 2.75) is 6.42 Å². The third-order valence-corrected chi connectivity index (χ3v) is 3.37. The molecule has 116 valence electrons. The SMILES string of the molecule is N#Cc1ccccc1NC(=O)C(=O)NCCc1ccc(Cl)cc1. The molecule has 2 rings (SSSR count). The van der Waals surface area contributed by atoms with Crippen molar-refractivity contribution < 1.29 is 9.59 Å². The molecule has 0 spiro atoms. The second kappa shape index (κ2) is 7.97. The van der Waals surface area contributed by atoms with Crippen LogP contribution in [0.15, 0.2) is 48.5 Å². The van der Waals surface area contributed by atoms with Gasteiger partial charge in [0.1, 0.15) is 6.07 Å². The van der Waals surface area contributed by atoms with E-state index < -0.39 is 11.8 Å². The number of nitriles is 1. The Kier molecular flexibility index (Phi) is 5.73. The van der Waals surface area contributed by atoms with E-state index in [1.54, 1.807) is 36.4 Å². The van der Waals surface area contributed by atoms with Crippen molar-refractivity contribution in [1.29, 1.82) is 5.26 Å². The molecule has 0 aliphatic rings. The van der Waals surface area contributed by atoms with E-state index in [1.165, 1.54) is 0 Å². The zero-order valence-electron chi connectivity index (χ0n) is 12.2. The first-order chi connectivity index (χ1) is 11.1. The van der Waals surface area contributed by atoms with Crippen LogP contribution in [0.3, 0.4) is 0 Å². The summed E-state index contributed by atoms with van der Waals surface area (Å²) < 4.78 is 0. The van der Waals surface area contributed by atoms with Crippen LogP contribution in [0.2, 0.25) is 5.02 Å². The van der Waals surface area contributed by atoms with E-state index in [4.69, 9.17) is 16.9 Å². The van der Waals surface area contributed by atoms with Crippen molar-refractivity contribution in [3.63, 3.8) is 0 Å². The molecule has 2 aromatic rings. The molecule has 0 aliphatic carbocycles. The highest BCUT2D eigenvalue weighted by molar-refractivity contribution is 6.39. The number of benzene rings is 2. The fourth-order valence-corrected chi connectivity index (χ4v) is 2.05. The average molecular weight is 328 g/mol. The molecular weight excluding hydrogens is 314 g/mol. The first kappa shape index (κ1) is 16.5. The number of hydrogen-bond donors (Lipinski definition) is 2. The van der Waals surface area contributed by atoms with Crippen molar-refractivity contribution in [2.24, 2.45) is 0 Å². The number of hydrogen-bond acceptors (Lipinski definition) is 3. The van der Waals surface area contributed by atoms with Gasteiger partial charge in [0, 0.05) is 11.6 Å². The Morgan fingerprint density at radius 1 is 1.04 bits per heavy atom. The minimum absolute atomic E-state index is 0.301. The van der Waals surface area contributed by atoms with Crippen molar-refractivity contribution in [2.75, 3.05) is 11.9 Å². The Morgan fingerprint density at radius 2 is 1.74 bits per heavy atom. The van der Waals surface area contributed by atoms with E-state index in [9.17, 15) is 9.59 Å². The first-order valence-corrected chi connectivity index (χ1v) is 7.30. The smallest absolute Gasteiger partial charge is 0.313 e. The van der Waals surface area contributed by atoms with Gasteiger partial charge in [-0.25, -0.2) is 0 Å². The van der Waals surface area contributed by atoms with Crippen molar-refractivity contribution in [3.05, 3.63) is 64.7 Å². The number of halogens is 1. The highest BCUT2D eigenvalue weighted by atomic mass is 35.5. The molecule has 0 heterocycles. The Hall–Kier alpha value is -2.84. The van der Waals surface area contributed by atoms with Crippen molar-refractivity contribution >= 4 is 29.1 Å². The second-order valence-corrected chi connectivity index (χ2v) is 5.18. The van der Waals surface area contributed by atoms with Crippen LogP contribution >= 0.6 is 11.6 Å². The van der Waals surface area contributed by atoms with Crippen molar-refractivity contribution in [1.82, 2.24) is 5.32 Å². The summed E-state index contributed by atoms with van der Waals surface area (Å²) >= 11 is 5.79. The maximum absolute atomic E-state index is 11.8. The first-order valence-electron chi connectivity index (χ1n) is 6.93. The summed E-state index contributed by atoms with van der Waals surface area (Å²) in [6, 6.07) is 15.7. The van der Waals surface area contributed by atoms with Crippen LogP contribution in [0.1, 0.15) is 11.1 Å². The maximum Gasteiger partial charge on any atom is 0.313 e. The standard InChI is InChI=1S/C17H14ClN3O2/c18-14-7-5-12(6-8-14)9-10-20-16(22)17(23)21-15-4-2-1-3-13(15)11-19/h1-8H,9-10H2,(H,20,22)(H,21,23). The molecule has 0 unspecified atom stereocenters. The summed E-state index contributed by atoms with van der Waals surface area (Å²) in [5.74, 6) is -1.55. The lowest BCUT2D eigenvalue weighted by atomic mass is 10.1. The van der Waals surface area contributed by atoms with Gasteiger partial charge in [0.25, 0.3) is 0 Å². The number of carbonyl (C=O) groups is 2. The summed E-state index contributed by atoms with van der Waals surface area (Å²) in [4.78, 5) is 23.6. The minimum Gasteiger partial charge on any atom is -0.347 e. The van der Waals surface area contributed by atoms with E-state index in [1.807, 2.05) is 18.2 Å². The number of nitrogens with one attached hydrogen (secondary N) is 2. The Balaban J connectivity index is 1.84. The Labute approximate surface area is 138 Å². The van der Waals surface area contributed by atoms with Gasteiger partial charge in [-0.1, -0.05) is 35.9 Å². The molecule has 0 bridgehead atoms. The largest absolute Gasteiger partial charge is 0.347 e. The Morgan fingerprint density at radius 3 is 2.43 bits per heavy atom. The summed E-state index contributed by atoms with van der Waals surface area (Å²) in [5, 5.41) is 14.6. The van der Waals surface area contributed by atoms with E-state index in [-0.39, 0.29) is 0 Å². The number of carbonyl (C=O) groups excluding carboxylic acids is 2. The van der Waals surface area contributed by atoms with Crippen molar-refractivity contribution in [3.8, 4) is 6.07 Å². The Bertz CT molecular complexity index is 751. The molecule has 0 atom stereocenters. The van der Waals surface area contributed by atoms with Crippen LogP contribution < -0.4 is 10.6 Å². The number of anilines is 1. The molecule has 2 aromatic carbocycles. The fourth-order valence-electron chi connectivity index (χ4n) is 1.92. The monoisotopic (exact) mass is 327 g/mol. The van der Waals surface area contributed by atoms with Crippen LogP contribution in [0.25, 0.3) is 0 Å². The summed E-state index contributed by atoms with van der Waals surface area (Å²) in [6.07, 6.45) is 0.588. The predicted octanol–water partition coefficient (Wildman–Crippen LogP) is 2.51. The van der Waals surface area contributed by atoms with Gasteiger partial charge in [-0.2, -0.15) is 5.26 Å². The van der Waals surface area contributed by atoms with Gasteiger partial charge in [-0.05, 0) is 36.2 Å². The predicted molar refractivity (Wildman–Crippen MR) is 88.0 cm³/mol. The zero-order valence-corrected chi connectivity index (χ0v) is 12.9. The van der Waals surface area contributed by atoms with Gasteiger partial charge in [0.05, 0.1) is 11.3 Å². The third kappa shape index (κ3) is 4.83. The van der Waals surface area contributed by atoms with E-state index in [0.29, 0.717) is 29.2 Å². The molecular formula is C17H14ClN3O2. The van der Waals surface area contributed by atoms with Crippen LogP contribution in [-0.4, -0.2) is 18.4 Å². The van der Waals surface area contributed by atoms with Gasteiger partial charge in [-0.15, -0.1) is 0 Å². The topological polar surface area (TPSA) is 82.0 Å². The molecule has 0 aromatic heterocycles. The quantitative estimate of drug-likeness (QED) is 0.846. The zero-order chi connectivity index (χ0) is 16.7. The molecule has 6 heteroatoms. The van der Waals surface area contributed by atoms with E-state index >= 15 is 0 Å². The summed E-state index contributed by atoms with van der Waals surface area (Å²) in [6.45, 7) is 0.327. The van der Waals surface area contributed by atoms with Crippen LogP contribution in [0.4, 0.5) is 5.69 Å². The molecule has 0 saturated heterocycles. The van der Waals surface area contributed by atoms with Gasteiger partial charge in [-0.3, -0.25) is 9.59 Å². The normalized spacial score (nSPS) is 9.74. The maximum atomic E-state index is 11.8. The number of para-hydroxylation sites is 1. The lowest BCUT2D eigenvalue weighted by molar-refractivity contribution is -0.136. The molecule has 23 heavy (non-hydrogen) atoms. The van der Waals surface area contributed by atoms with Crippen LogP contribution in [0, 0.1) is 11.3 Å². The lowest BCUT2D eigenvalue weighted by Crippen LogP contribution is -2.36. The minimum atomic E-state index is -0.802. The number of nitrogens with zero attached hydrogens (tertiary/aromatic N) is 1. The summed E-state index contributed by atoms with van der Waals surface area (Å²) in [5.41, 5.74) is 1.62. The fraction of sp³-hybridized carbons (Fsp3) is 0.118. The highest BCUT2D eigenvalue weighted by Gasteiger charge is 2.14. The molecule has 0 aliphatic heterocycles. The van der Waals surface area contributed by atoms with Gasteiger partial charge >= 0.3 is 11.8 Å². The van der Waals surface area contributed by atoms with Crippen LogP contribution in [-0.2, 0) is 16.0 Å². The molecule has 2 N–H and O–H groups in total. The second-order valence-electron chi connectivity index (χ2n) is 4.74. The number of amides is 2. The third-order valence-electron chi connectivity index (χ3n) is 3.11. The van der Waals surface area contributed by atoms with Gasteiger partial charge in [0.2, 0.25) is 0 Å².